The van der Waals surface area contributed by atoms with Gasteiger partial charge in [0.25, 0.3) is 11.8 Å². The van der Waals surface area contributed by atoms with Gasteiger partial charge in [-0.05, 0) is 29.8 Å². The van der Waals surface area contributed by atoms with Crippen LogP contribution in [0.1, 0.15) is 11.1 Å². The zero-order chi connectivity index (χ0) is 20.6. The van der Waals surface area contributed by atoms with Crippen LogP contribution < -0.4 is 15.6 Å². The van der Waals surface area contributed by atoms with Gasteiger partial charge < -0.3 is 4.74 Å². The molecule has 28 heavy (non-hydrogen) atoms. The van der Waals surface area contributed by atoms with Crippen molar-refractivity contribution in [2.45, 2.75) is 6.18 Å². The van der Waals surface area contributed by atoms with Crippen LogP contribution in [0.2, 0.25) is 0 Å². The number of alkyl halides is 3. The lowest BCUT2D eigenvalue weighted by molar-refractivity contribution is -0.137. The third-order valence-corrected chi connectivity index (χ3v) is 3.32. The summed E-state index contributed by atoms with van der Waals surface area (Å²) in [7, 11) is 0. The number of amides is 2. The maximum atomic E-state index is 12.6. The Morgan fingerprint density at radius 1 is 1.07 bits per heavy atom. The summed E-state index contributed by atoms with van der Waals surface area (Å²) in [5.74, 6) is -1.82. The first kappa shape index (κ1) is 20.5. The molecule has 2 N–H and O–H groups in total. The van der Waals surface area contributed by atoms with Gasteiger partial charge in [-0.2, -0.15) is 18.4 Å². The number of hydrogen-bond acceptors (Lipinski definition) is 4. The molecule has 0 aliphatic heterocycles. The van der Waals surface area contributed by atoms with Crippen molar-refractivity contribution in [1.82, 2.24) is 10.9 Å². The molecule has 0 aliphatic carbocycles. The van der Waals surface area contributed by atoms with Gasteiger partial charge in [0.1, 0.15) is 17.4 Å². The predicted octanol–water partition coefficient (Wildman–Crippen LogP) is 2.84. The Morgan fingerprint density at radius 3 is 2.43 bits per heavy atom. The summed E-state index contributed by atoms with van der Waals surface area (Å²) in [6, 6.07) is 14.3. The van der Waals surface area contributed by atoms with Crippen molar-refractivity contribution in [3.8, 4) is 11.8 Å². The molecule has 0 fully saturated rings. The molecule has 0 aliphatic rings. The molecule has 0 atom stereocenters. The van der Waals surface area contributed by atoms with Crippen molar-refractivity contribution < 1.29 is 27.5 Å². The number of nitrogens with one attached hydrogen (secondary N) is 2. The van der Waals surface area contributed by atoms with E-state index in [0.29, 0.717) is 5.56 Å². The summed E-state index contributed by atoms with van der Waals surface area (Å²) >= 11 is 0. The van der Waals surface area contributed by atoms with E-state index in [4.69, 9.17) is 10.00 Å². The van der Waals surface area contributed by atoms with Gasteiger partial charge in [0.15, 0.2) is 6.61 Å². The number of benzene rings is 2. The average Bonchev–Trinajstić information content (AvgIpc) is 2.69. The van der Waals surface area contributed by atoms with Crippen LogP contribution in [0.15, 0.2) is 60.2 Å². The minimum atomic E-state index is -4.53. The van der Waals surface area contributed by atoms with Gasteiger partial charge in [-0.3, -0.25) is 20.4 Å². The first-order chi connectivity index (χ1) is 13.3. The largest absolute Gasteiger partial charge is 0.484 e. The fourth-order valence-corrected chi connectivity index (χ4v) is 2.01. The van der Waals surface area contributed by atoms with Crippen molar-refractivity contribution in [2.24, 2.45) is 0 Å². The second-order valence-electron chi connectivity index (χ2n) is 5.40. The Kier molecular flexibility index (Phi) is 6.76. The van der Waals surface area contributed by atoms with Crippen molar-refractivity contribution in [2.75, 3.05) is 6.61 Å². The van der Waals surface area contributed by atoms with E-state index < -0.39 is 30.2 Å². The number of hydrogen-bond donors (Lipinski definition) is 2. The van der Waals surface area contributed by atoms with Crippen molar-refractivity contribution in [3.63, 3.8) is 0 Å². The molecule has 2 aromatic rings. The van der Waals surface area contributed by atoms with Crippen LogP contribution >= 0.6 is 0 Å². The normalized spacial score (nSPS) is 11.3. The second-order valence-corrected chi connectivity index (χ2v) is 5.40. The SMILES string of the molecule is N#CC(=Cc1ccccc1)C(=O)NNC(=O)COc1cccc(C(F)(F)F)c1. The van der Waals surface area contributed by atoms with Gasteiger partial charge in [-0.15, -0.1) is 0 Å². The number of ether oxygens (including phenoxy) is 1. The lowest BCUT2D eigenvalue weighted by Gasteiger charge is -2.10. The maximum absolute atomic E-state index is 12.6. The number of halogens is 3. The van der Waals surface area contributed by atoms with Crippen molar-refractivity contribution >= 4 is 17.9 Å². The van der Waals surface area contributed by atoms with Gasteiger partial charge in [0.05, 0.1) is 5.56 Å². The number of hydrazine groups is 1. The highest BCUT2D eigenvalue weighted by Gasteiger charge is 2.30. The molecule has 9 heteroatoms. The Hall–Kier alpha value is -3.80. The molecule has 0 saturated carbocycles. The number of carbonyl (C=O) groups is 2. The zero-order valence-electron chi connectivity index (χ0n) is 14.3. The average molecular weight is 389 g/mol. The minimum absolute atomic E-state index is 0.155. The molecule has 0 heterocycles. The smallest absolute Gasteiger partial charge is 0.416 e. The standard InChI is InChI=1S/C19H14F3N3O3/c20-19(21,22)15-7-4-8-16(10-15)28-12-17(26)24-25-18(27)14(11-23)9-13-5-2-1-3-6-13/h1-10H,12H2,(H,24,26)(H,25,27). The molecule has 2 rings (SSSR count). The third-order valence-electron chi connectivity index (χ3n) is 3.32. The monoisotopic (exact) mass is 389 g/mol. The summed E-state index contributed by atoms with van der Waals surface area (Å²) in [4.78, 5) is 23.6. The number of nitrogens with zero attached hydrogens (tertiary/aromatic N) is 1. The number of carbonyl (C=O) groups excluding carboxylic acids is 2. The van der Waals surface area contributed by atoms with Gasteiger partial charge in [0, 0.05) is 0 Å². The fraction of sp³-hybridized carbons (Fsp3) is 0.105. The minimum Gasteiger partial charge on any atom is -0.484 e. The van der Waals surface area contributed by atoms with Crippen LogP contribution in [0.5, 0.6) is 5.75 Å². The summed E-state index contributed by atoms with van der Waals surface area (Å²) in [6.45, 7) is -0.633. The lowest BCUT2D eigenvalue weighted by atomic mass is 10.1. The summed E-state index contributed by atoms with van der Waals surface area (Å²) < 4.78 is 42.9. The molecule has 144 valence electrons. The molecular weight excluding hydrogens is 375 g/mol. The summed E-state index contributed by atoms with van der Waals surface area (Å²) in [5.41, 5.74) is 3.52. The summed E-state index contributed by atoms with van der Waals surface area (Å²) in [5, 5.41) is 9.06. The molecule has 0 unspecified atom stereocenters. The van der Waals surface area contributed by atoms with E-state index in [2.05, 4.69) is 0 Å². The Labute approximate surface area is 158 Å². The van der Waals surface area contributed by atoms with Gasteiger partial charge in [0.2, 0.25) is 0 Å². The van der Waals surface area contributed by atoms with E-state index >= 15 is 0 Å². The molecule has 0 aromatic heterocycles. The lowest BCUT2D eigenvalue weighted by Crippen LogP contribution is -2.44. The highest BCUT2D eigenvalue weighted by atomic mass is 19.4. The number of rotatable bonds is 5. The molecule has 0 radical (unpaired) electrons. The molecule has 0 spiro atoms. The topological polar surface area (TPSA) is 91.2 Å². The highest BCUT2D eigenvalue weighted by molar-refractivity contribution is 6.02. The first-order valence-electron chi connectivity index (χ1n) is 7.85. The van der Waals surface area contributed by atoms with E-state index in [-0.39, 0.29) is 11.3 Å². The van der Waals surface area contributed by atoms with Crippen LogP contribution in [0.4, 0.5) is 13.2 Å². The zero-order valence-corrected chi connectivity index (χ0v) is 14.3. The van der Waals surface area contributed by atoms with E-state index in [1.165, 1.54) is 12.1 Å². The van der Waals surface area contributed by atoms with Crippen LogP contribution in [-0.2, 0) is 15.8 Å². The van der Waals surface area contributed by atoms with Crippen molar-refractivity contribution in [1.29, 1.82) is 5.26 Å². The van der Waals surface area contributed by atoms with E-state index in [1.807, 2.05) is 10.9 Å². The van der Waals surface area contributed by atoms with Crippen LogP contribution in [0, 0.1) is 11.3 Å². The second kappa shape index (κ2) is 9.23. The Bertz CT molecular complexity index is 919. The Morgan fingerprint density at radius 2 is 1.79 bits per heavy atom. The predicted molar refractivity (Wildman–Crippen MR) is 93.3 cm³/mol. The van der Waals surface area contributed by atoms with Crippen LogP contribution in [-0.4, -0.2) is 18.4 Å². The van der Waals surface area contributed by atoms with Gasteiger partial charge in [-0.25, -0.2) is 0 Å². The highest BCUT2D eigenvalue weighted by Crippen LogP contribution is 2.31. The van der Waals surface area contributed by atoms with E-state index in [1.54, 1.807) is 36.4 Å². The van der Waals surface area contributed by atoms with Gasteiger partial charge >= 0.3 is 6.18 Å². The summed E-state index contributed by atoms with van der Waals surface area (Å²) in [6.07, 6.45) is -3.20. The molecule has 0 bridgehead atoms. The molecule has 2 aromatic carbocycles. The van der Waals surface area contributed by atoms with Crippen molar-refractivity contribution in [3.05, 3.63) is 71.3 Å². The fourth-order valence-electron chi connectivity index (χ4n) is 2.01. The molecule has 6 nitrogen and oxygen atoms in total. The van der Waals surface area contributed by atoms with Crippen LogP contribution in [0.3, 0.4) is 0 Å². The molecule has 0 saturated heterocycles. The first-order valence-corrected chi connectivity index (χ1v) is 7.85. The molecule has 2 amide bonds. The van der Waals surface area contributed by atoms with Gasteiger partial charge in [-0.1, -0.05) is 36.4 Å². The van der Waals surface area contributed by atoms with E-state index in [0.717, 1.165) is 18.2 Å². The van der Waals surface area contributed by atoms with E-state index in [9.17, 15) is 22.8 Å². The maximum Gasteiger partial charge on any atom is 0.416 e. The quantitative estimate of drug-likeness (QED) is 0.467. The third kappa shape index (κ3) is 6.17. The number of nitriles is 1. The Balaban J connectivity index is 1.88. The van der Waals surface area contributed by atoms with Crippen LogP contribution in [0.25, 0.3) is 6.08 Å². The molecular formula is C19H14F3N3O3.